The van der Waals surface area contributed by atoms with Gasteiger partial charge in [-0.1, -0.05) is 127 Å². The molecule has 0 radical (unpaired) electrons. The smallest absolute Gasteiger partial charge is 0.309 e. The van der Waals surface area contributed by atoms with E-state index in [9.17, 15) is 18.4 Å². The van der Waals surface area contributed by atoms with Gasteiger partial charge in [-0.05, 0) is 90.5 Å². The molecule has 354 valence electrons. The van der Waals surface area contributed by atoms with E-state index in [2.05, 4.69) is 98.6 Å². The number of benzene rings is 10. The summed E-state index contributed by atoms with van der Waals surface area (Å²) in [6.45, 7) is 0. The van der Waals surface area contributed by atoms with Crippen LogP contribution in [0, 0.1) is 11.3 Å². The van der Waals surface area contributed by atoms with Crippen molar-refractivity contribution >= 4 is 87.2 Å². The molecule has 14 aromatic rings. The van der Waals surface area contributed by atoms with E-state index in [4.69, 9.17) is 0 Å². The average Bonchev–Trinajstić information content (AvgIpc) is 4.14. The highest BCUT2D eigenvalue weighted by Gasteiger charge is 2.39. The minimum absolute atomic E-state index is 0.131. The number of halogens is 6. The zero-order chi connectivity index (χ0) is 50.2. The molecule has 0 aliphatic rings. The summed E-state index contributed by atoms with van der Waals surface area (Å²) in [5.41, 5.74) is 5.54. The maximum Gasteiger partial charge on any atom is 0.417 e. The predicted molar refractivity (Wildman–Crippen MR) is 284 cm³/mol. The Kier molecular flexibility index (Phi) is 9.20. The maximum absolute atomic E-state index is 15.3. The zero-order valence-electron chi connectivity index (χ0n) is 38.7. The summed E-state index contributed by atoms with van der Waals surface area (Å²) in [4.78, 5) is 0. The van der Waals surface area contributed by atoms with Crippen LogP contribution in [-0.4, -0.2) is 18.3 Å². The predicted octanol–water partition coefficient (Wildman–Crippen LogP) is 17.7. The van der Waals surface area contributed by atoms with E-state index in [-0.39, 0.29) is 17.2 Å². The molecule has 0 fully saturated rings. The van der Waals surface area contributed by atoms with Gasteiger partial charge in [0, 0.05) is 60.0 Å². The highest BCUT2D eigenvalue weighted by molar-refractivity contribution is 6.15. The third kappa shape index (κ3) is 6.31. The molecule has 10 aromatic carbocycles. The maximum atomic E-state index is 15.3. The normalized spacial score (nSPS) is 12.4. The summed E-state index contributed by atoms with van der Waals surface area (Å²) in [6.07, 6.45) is -10.3. The molecule has 0 spiro atoms. The van der Waals surface area contributed by atoms with Gasteiger partial charge in [-0.25, -0.2) is 0 Å². The molecule has 4 aromatic heterocycles. The van der Waals surface area contributed by atoms with Gasteiger partial charge in [0.2, 0.25) is 0 Å². The first-order valence-electron chi connectivity index (χ1n) is 23.9. The number of rotatable bonds is 5. The molecular weight excluding hydrogens is 941 g/mol. The van der Waals surface area contributed by atoms with Gasteiger partial charge in [0.05, 0.1) is 78.3 Å². The third-order valence-corrected chi connectivity index (χ3v) is 14.7. The standard InChI is InChI=1S/C63H35F6N5/c64-62(65,66)38-25-28-41(51(32-38)63(67,68)69)50-35-61(74-57-24-12-6-18-47(57)49-30-27-40(34-59(49)74)72-54-21-9-3-15-44(54)45-16-4-10-22-55(45)72)60(31-37(50)36-70)73-56-23-11-5-17-46(56)48-29-26-39(33-58(48)73)71-52-19-7-1-13-42(52)43-14-2-8-20-53(43)71/h1-35H. The van der Waals surface area contributed by atoms with E-state index in [1.807, 2.05) is 108 Å². The van der Waals surface area contributed by atoms with Crippen LogP contribution >= 0.6 is 0 Å². The second-order valence-corrected chi connectivity index (χ2v) is 18.6. The van der Waals surface area contributed by atoms with Crippen molar-refractivity contribution in [2.24, 2.45) is 0 Å². The van der Waals surface area contributed by atoms with Gasteiger partial charge in [0.15, 0.2) is 0 Å². The van der Waals surface area contributed by atoms with Crippen LogP contribution in [0.15, 0.2) is 212 Å². The van der Waals surface area contributed by atoms with Crippen molar-refractivity contribution in [2.45, 2.75) is 12.4 Å². The largest absolute Gasteiger partial charge is 0.417 e. The van der Waals surface area contributed by atoms with Crippen molar-refractivity contribution in [3.05, 3.63) is 229 Å². The number of nitrogens with zero attached hydrogens (tertiary/aromatic N) is 5. The van der Waals surface area contributed by atoms with Crippen LogP contribution in [0.25, 0.3) is 121 Å². The van der Waals surface area contributed by atoms with Crippen LogP contribution in [0.2, 0.25) is 0 Å². The van der Waals surface area contributed by atoms with Crippen LogP contribution in [0.1, 0.15) is 16.7 Å². The lowest BCUT2D eigenvalue weighted by Crippen LogP contribution is -2.13. The molecular formula is C63H35F6N5. The van der Waals surface area contributed by atoms with E-state index in [0.717, 1.165) is 93.6 Å². The number of hydrogen-bond donors (Lipinski definition) is 0. The monoisotopic (exact) mass is 975 g/mol. The van der Waals surface area contributed by atoms with Gasteiger partial charge in [-0.3, -0.25) is 0 Å². The second kappa shape index (κ2) is 15.7. The lowest BCUT2D eigenvalue weighted by atomic mass is 9.92. The van der Waals surface area contributed by atoms with Crippen molar-refractivity contribution in [2.75, 3.05) is 0 Å². The van der Waals surface area contributed by atoms with Crippen molar-refractivity contribution in [3.63, 3.8) is 0 Å². The Hall–Kier alpha value is -9.53. The Morgan fingerprint density at radius 1 is 0.311 bits per heavy atom. The fraction of sp³-hybridized carbons (Fsp3) is 0.0317. The fourth-order valence-corrected chi connectivity index (χ4v) is 11.6. The van der Waals surface area contributed by atoms with Crippen LogP contribution < -0.4 is 0 Å². The van der Waals surface area contributed by atoms with Crippen molar-refractivity contribution < 1.29 is 26.3 Å². The van der Waals surface area contributed by atoms with E-state index in [1.165, 1.54) is 0 Å². The summed E-state index contributed by atoms with van der Waals surface area (Å²) in [5.74, 6) is 0. The van der Waals surface area contributed by atoms with Gasteiger partial charge in [-0.2, -0.15) is 31.6 Å². The van der Waals surface area contributed by atoms with Crippen LogP contribution in [0.3, 0.4) is 0 Å². The Balaban J connectivity index is 1.13. The molecule has 0 atom stereocenters. The molecule has 0 bridgehead atoms. The van der Waals surface area contributed by atoms with Crippen molar-refractivity contribution in [1.82, 2.24) is 18.3 Å². The molecule has 0 aliphatic carbocycles. The van der Waals surface area contributed by atoms with E-state index in [0.29, 0.717) is 28.5 Å². The summed E-state index contributed by atoms with van der Waals surface area (Å²) < 4.78 is 96.9. The summed E-state index contributed by atoms with van der Waals surface area (Å²) in [7, 11) is 0. The topological polar surface area (TPSA) is 43.5 Å². The lowest BCUT2D eigenvalue weighted by Gasteiger charge is -2.22. The number of hydrogen-bond acceptors (Lipinski definition) is 1. The van der Waals surface area contributed by atoms with Crippen LogP contribution in [0.4, 0.5) is 26.3 Å². The van der Waals surface area contributed by atoms with Gasteiger partial charge >= 0.3 is 12.4 Å². The number of aromatic nitrogens is 4. The van der Waals surface area contributed by atoms with E-state index in [1.54, 1.807) is 12.1 Å². The Bertz CT molecular complexity index is 4620. The van der Waals surface area contributed by atoms with Gasteiger partial charge in [0.25, 0.3) is 0 Å². The highest BCUT2D eigenvalue weighted by Crippen LogP contribution is 2.46. The molecule has 4 heterocycles. The molecule has 0 N–H and O–H groups in total. The quantitative estimate of drug-likeness (QED) is 0.159. The first-order chi connectivity index (χ1) is 36.0. The molecule has 0 aliphatic heterocycles. The van der Waals surface area contributed by atoms with Gasteiger partial charge in [-0.15, -0.1) is 0 Å². The molecule has 5 nitrogen and oxygen atoms in total. The molecule has 74 heavy (non-hydrogen) atoms. The third-order valence-electron chi connectivity index (χ3n) is 14.7. The van der Waals surface area contributed by atoms with Gasteiger partial charge < -0.3 is 18.3 Å². The zero-order valence-corrected chi connectivity index (χ0v) is 38.7. The van der Waals surface area contributed by atoms with Crippen LogP contribution in [0.5, 0.6) is 0 Å². The summed E-state index contributed by atoms with van der Waals surface area (Å²) in [6, 6.07) is 67.7. The number of para-hydroxylation sites is 6. The molecule has 0 saturated carbocycles. The lowest BCUT2D eigenvalue weighted by molar-refractivity contribution is -0.142. The number of nitriles is 1. The van der Waals surface area contributed by atoms with Gasteiger partial charge in [0.1, 0.15) is 0 Å². The van der Waals surface area contributed by atoms with E-state index >= 15 is 13.2 Å². The van der Waals surface area contributed by atoms with Crippen molar-refractivity contribution in [3.8, 4) is 39.9 Å². The minimum Gasteiger partial charge on any atom is -0.309 e. The molecule has 11 heteroatoms. The first kappa shape index (κ1) is 43.3. The molecule has 14 rings (SSSR count). The number of alkyl halides is 6. The number of fused-ring (bicyclic) bond motifs is 12. The van der Waals surface area contributed by atoms with Crippen LogP contribution in [-0.2, 0) is 12.4 Å². The first-order valence-corrected chi connectivity index (χ1v) is 23.9. The minimum atomic E-state index is -5.22. The SMILES string of the molecule is N#Cc1cc(-n2c3ccccc3c3ccc(-n4c5ccccc5c5ccccc54)cc32)c(-n2c3ccccc3c3ccc(-n4c5ccccc5c5ccccc54)cc32)cc1-c1ccc(C(F)(F)F)cc1C(F)(F)F. The Morgan fingerprint density at radius 2 is 0.662 bits per heavy atom. The molecule has 0 amide bonds. The Morgan fingerprint density at radius 3 is 1.03 bits per heavy atom. The Labute approximate surface area is 416 Å². The van der Waals surface area contributed by atoms with E-state index < -0.39 is 29.0 Å². The second-order valence-electron chi connectivity index (χ2n) is 18.6. The highest BCUT2D eigenvalue weighted by atomic mass is 19.4. The summed E-state index contributed by atoms with van der Waals surface area (Å²) in [5, 5.41) is 18.9. The van der Waals surface area contributed by atoms with Crippen molar-refractivity contribution in [1.29, 1.82) is 5.26 Å². The molecule has 0 unspecified atom stereocenters. The average molecular weight is 976 g/mol. The summed E-state index contributed by atoms with van der Waals surface area (Å²) >= 11 is 0. The fourth-order valence-electron chi connectivity index (χ4n) is 11.6. The molecule has 0 saturated heterocycles.